The molecule has 7 nitrogen and oxygen atoms in total. The molecule has 1 aliphatic carbocycles. The van der Waals surface area contributed by atoms with E-state index in [0.29, 0.717) is 18.9 Å². The van der Waals surface area contributed by atoms with E-state index in [9.17, 15) is 32.3 Å². The number of nitrogens with one attached hydrogen (secondary N) is 1. The first-order valence-electron chi connectivity index (χ1n) is 8.84. The van der Waals surface area contributed by atoms with Gasteiger partial charge in [0.05, 0.1) is 17.5 Å². The van der Waals surface area contributed by atoms with Crippen molar-refractivity contribution in [3.05, 3.63) is 41.7 Å². The number of allylic oxidation sites excluding steroid dienone is 2. The topological polar surface area (TPSA) is 92.8 Å². The van der Waals surface area contributed by atoms with Crippen molar-refractivity contribution in [1.82, 2.24) is 4.90 Å². The third-order valence-corrected chi connectivity index (χ3v) is 4.86. The van der Waals surface area contributed by atoms with Gasteiger partial charge in [-0.2, -0.15) is 0 Å². The van der Waals surface area contributed by atoms with Gasteiger partial charge in [0, 0.05) is 0 Å². The number of amides is 3. The number of benzene rings is 1. The summed E-state index contributed by atoms with van der Waals surface area (Å²) in [7, 11) is 0. The fourth-order valence-corrected chi connectivity index (χ4v) is 3.30. The molecule has 3 amide bonds. The summed E-state index contributed by atoms with van der Waals surface area (Å²) in [4.78, 5) is 49.6. The molecule has 3 rings (SSSR count). The minimum Gasteiger partial charge on any atom is -0.451 e. The standard InChI is InChI=1S/C19H17F3N2O5/c1-9(17(26)23-13-7-6-12(20)15(21)16(13)22)29-14(25)8-24-18(27)10-4-2-3-5-11(10)19(24)28/h2-3,6-7,9-11H,4-5,8H2,1H3,(H,23,26)/t9-,10-,11+/m0/s1. The van der Waals surface area contributed by atoms with Crippen molar-refractivity contribution in [2.24, 2.45) is 11.8 Å². The van der Waals surface area contributed by atoms with E-state index in [1.54, 1.807) is 12.2 Å². The van der Waals surface area contributed by atoms with Gasteiger partial charge in [0.25, 0.3) is 5.91 Å². The molecular weight excluding hydrogens is 393 g/mol. The number of imide groups is 1. The second kappa shape index (κ2) is 8.06. The SMILES string of the molecule is C[C@H](OC(=O)CN1C(=O)[C@H]2CC=CC[C@H]2C1=O)C(=O)Nc1ccc(F)c(F)c1F. The number of halogens is 3. The van der Waals surface area contributed by atoms with Gasteiger partial charge in [0.15, 0.2) is 23.6 Å². The van der Waals surface area contributed by atoms with Crippen molar-refractivity contribution in [2.45, 2.75) is 25.9 Å². The summed E-state index contributed by atoms with van der Waals surface area (Å²) < 4.78 is 44.7. The fourth-order valence-electron chi connectivity index (χ4n) is 3.30. The monoisotopic (exact) mass is 410 g/mol. The number of carbonyl (C=O) groups excluding carboxylic acids is 4. The largest absolute Gasteiger partial charge is 0.451 e. The third-order valence-electron chi connectivity index (χ3n) is 4.86. The van der Waals surface area contributed by atoms with Gasteiger partial charge in [0.2, 0.25) is 11.8 Å². The molecule has 154 valence electrons. The molecule has 1 saturated heterocycles. The van der Waals surface area contributed by atoms with E-state index in [0.717, 1.165) is 11.0 Å². The Morgan fingerprint density at radius 2 is 1.69 bits per heavy atom. The fraction of sp³-hybridized carbons (Fsp3) is 0.368. The Labute approximate surface area is 163 Å². The number of hydrogen-bond acceptors (Lipinski definition) is 5. The molecule has 0 saturated carbocycles. The van der Waals surface area contributed by atoms with Gasteiger partial charge in [-0.25, -0.2) is 13.2 Å². The molecule has 0 spiro atoms. The Balaban J connectivity index is 1.58. The van der Waals surface area contributed by atoms with E-state index >= 15 is 0 Å². The third kappa shape index (κ3) is 4.01. The zero-order valence-electron chi connectivity index (χ0n) is 15.3. The molecule has 0 bridgehead atoms. The van der Waals surface area contributed by atoms with Crippen LogP contribution in [0.15, 0.2) is 24.3 Å². The molecule has 1 aromatic rings. The molecule has 0 aromatic heterocycles. The molecule has 10 heteroatoms. The number of fused-ring (bicyclic) bond motifs is 1. The summed E-state index contributed by atoms with van der Waals surface area (Å²) in [6.45, 7) is 0.518. The van der Waals surface area contributed by atoms with E-state index < -0.39 is 71.3 Å². The van der Waals surface area contributed by atoms with E-state index in [1.165, 1.54) is 6.92 Å². The summed E-state index contributed by atoms with van der Waals surface area (Å²) in [6.07, 6.45) is 3.00. The van der Waals surface area contributed by atoms with Crippen LogP contribution in [0.4, 0.5) is 18.9 Å². The minimum atomic E-state index is -1.76. The lowest BCUT2D eigenvalue weighted by Crippen LogP contribution is -2.39. The van der Waals surface area contributed by atoms with Gasteiger partial charge in [-0.05, 0) is 31.9 Å². The summed E-state index contributed by atoms with van der Waals surface area (Å²) in [5, 5.41) is 1.98. The smallest absolute Gasteiger partial charge is 0.326 e. The van der Waals surface area contributed by atoms with Crippen LogP contribution in [0.1, 0.15) is 19.8 Å². The second-order valence-electron chi connectivity index (χ2n) is 6.76. The van der Waals surface area contributed by atoms with Crippen LogP contribution in [0.2, 0.25) is 0 Å². The van der Waals surface area contributed by atoms with Gasteiger partial charge in [-0.1, -0.05) is 12.2 Å². The summed E-state index contributed by atoms with van der Waals surface area (Å²) in [6, 6.07) is 1.45. The van der Waals surface area contributed by atoms with Crippen LogP contribution in [0.25, 0.3) is 0 Å². The molecule has 29 heavy (non-hydrogen) atoms. The molecule has 1 aromatic carbocycles. The lowest BCUT2D eigenvalue weighted by Gasteiger charge is -2.17. The Morgan fingerprint density at radius 1 is 1.10 bits per heavy atom. The van der Waals surface area contributed by atoms with Crippen LogP contribution in [-0.4, -0.2) is 41.2 Å². The lowest BCUT2D eigenvalue weighted by atomic mass is 9.85. The highest BCUT2D eigenvalue weighted by atomic mass is 19.2. The van der Waals surface area contributed by atoms with Crippen LogP contribution >= 0.6 is 0 Å². The van der Waals surface area contributed by atoms with Crippen molar-refractivity contribution in [3.8, 4) is 0 Å². The Morgan fingerprint density at radius 3 is 2.28 bits per heavy atom. The average Bonchev–Trinajstić information content (AvgIpc) is 2.93. The highest BCUT2D eigenvalue weighted by Crippen LogP contribution is 2.34. The molecule has 1 aliphatic heterocycles. The van der Waals surface area contributed by atoms with Gasteiger partial charge in [-0.15, -0.1) is 0 Å². The van der Waals surface area contributed by atoms with Gasteiger partial charge < -0.3 is 10.1 Å². The summed E-state index contributed by atoms with van der Waals surface area (Å²) in [5.41, 5.74) is -0.627. The Hall–Kier alpha value is -3.17. The van der Waals surface area contributed by atoms with Crippen molar-refractivity contribution >= 4 is 29.4 Å². The first kappa shape index (κ1) is 20.6. The predicted octanol–water partition coefficient (Wildman–Crippen LogP) is 1.93. The molecular formula is C19H17F3N2O5. The number of esters is 1. The van der Waals surface area contributed by atoms with Crippen molar-refractivity contribution in [3.63, 3.8) is 0 Å². The Bertz CT molecular complexity index is 891. The van der Waals surface area contributed by atoms with Crippen LogP contribution in [0, 0.1) is 29.3 Å². The number of nitrogens with zero attached hydrogens (tertiary/aromatic N) is 1. The van der Waals surface area contributed by atoms with Crippen LogP contribution < -0.4 is 5.32 Å². The number of hydrogen-bond donors (Lipinski definition) is 1. The highest BCUT2D eigenvalue weighted by Gasteiger charge is 2.47. The number of ether oxygens (including phenoxy) is 1. The van der Waals surface area contributed by atoms with Gasteiger partial charge in [-0.3, -0.25) is 24.1 Å². The normalized spacial score (nSPS) is 21.7. The average molecular weight is 410 g/mol. The molecule has 1 heterocycles. The van der Waals surface area contributed by atoms with E-state index in [1.807, 2.05) is 5.32 Å². The molecule has 0 unspecified atom stereocenters. The zero-order valence-corrected chi connectivity index (χ0v) is 15.3. The molecule has 3 atom stereocenters. The quantitative estimate of drug-likeness (QED) is 0.347. The van der Waals surface area contributed by atoms with Crippen molar-refractivity contribution < 1.29 is 37.1 Å². The first-order chi connectivity index (χ1) is 13.7. The van der Waals surface area contributed by atoms with Crippen LogP contribution in [0.3, 0.4) is 0 Å². The molecule has 1 fully saturated rings. The van der Waals surface area contributed by atoms with E-state index in [-0.39, 0.29) is 0 Å². The number of rotatable bonds is 5. The molecule has 2 aliphatic rings. The maximum Gasteiger partial charge on any atom is 0.326 e. The van der Waals surface area contributed by atoms with E-state index in [4.69, 9.17) is 4.74 Å². The van der Waals surface area contributed by atoms with Gasteiger partial charge >= 0.3 is 5.97 Å². The zero-order chi connectivity index (χ0) is 21.3. The highest BCUT2D eigenvalue weighted by molar-refractivity contribution is 6.07. The van der Waals surface area contributed by atoms with Crippen LogP contribution in [-0.2, 0) is 23.9 Å². The minimum absolute atomic E-state index is 0.416. The lowest BCUT2D eigenvalue weighted by molar-refractivity contribution is -0.158. The second-order valence-corrected chi connectivity index (χ2v) is 6.76. The maximum absolute atomic E-state index is 13.6. The first-order valence-corrected chi connectivity index (χ1v) is 8.84. The number of likely N-dealkylation sites (tertiary alicyclic amines) is 1. The predicted molar refractivity (Wildman–Crippen MR) is 92.6 cm³/mol. The maximum atomic E-state index is 13.6. The Kier molecular flexibility index (Phi) is 5.71. The van der Waals surface area contributed by atoms with Crippen LogP contribution in [0.5, 0.6) is 0 Å². The number of carbonyl (C=O) groups is 4. The van der Waals surface area contributed by atoms with E-state index in [2.05, 4.69) is 0 Å². The summed E-state index contributed by atoms with van der Waals surface area (Å²) in [5.74, 6) is -8.72. The summed E-state index contributed by atoms with van der Waals surface area (Å²) >= 11 is 0. The molecule has 0 radical (unpaired) electrons. The van der Waals surface area contributed by atoms with Crippen molar-refractivity contribution in [1.29, 1.82) is 0 Å². The molecule has 1 N–H and O–H groups in total. The number of anilines is 1. The van der Waals surface area contributed by atoms with Gasteiger partial charge in [0.1, 0.15) is 6.54 Å². The van der Waals surface area contributed by atoms with Crippen molar-refractivity contribution in [2.75, 3.05) is 11.9 Å².